The maximum absolute atomic E-state index is 13.1. The molecule has 0 aliphatic carbocycles. The Labute approximate surface area is 205 Å². The molecule has 0 saturated heterocycles. The van der Waals surface area contributed by atoms with Gasteiger partial charge in [0.2, 0.25) is 0 Å². The molecule has 0 unspecified atom stereocenters. The van der Waals surface area contributed by atoms with Gasteiger partial charge in [-0.05, 0) is 55.3 Å². The van der Waals surface area contributed by atoms with E-state index in [1.807, 2.05) is 0 Å². The summed E-state index contributed by atoms with van der Waals surface area (Å²) in [5.74, 6) is 0. The van der Waals surface area contributed by atoms with E-state index in [-0.39, 0.29) is 21.4 Å². The van der Waals surface area contributed by atoms with E-state index >= 15 is 0 Å². The highest BCUT2D eigenvalue weighted by molar-refractivity contribution is 7.93. The van der Waals surface area contributed by atoms with Gasteiger partial charge in [0.25, 0.3) is 25.7 Å². The summed E-state index contributed by atoms with van der Waals surface area (Å²) in [6, 6.07) is 10.4. The van der Waals surface area contributed by atoms with Crippen molar-refractivity contribution in [2.24, 2.45) is 0 Å². The zero-order chi connectivity index (χ0) is 25.4. The van der Waals surface area contributed by atoms with Gasteiger partial charge in [-0.25, -0.2) is 16.8 Å². The van der Waals surface area contributed by atoms with Crippen molar-refractivity contribution in [3.05, 3.63) is 79.8 Å². The van der Waals surface area contributed by atoms with Crippen LogP contribution in [0, 0.1) is 24.0 Å². The minimum atomic E-state index is -4.56. The molecule has 0 bridgehead atoms. The fourth-order valence-electron chi connectivity index (χ4n) is 2.96. The highest BCUT2D eigenvalue weighted by Gasteiger charge is 2.30. The van der Waals surface area contributed by atoms with Gasteiger partial charge in [0.15, 0.2) is 0 Å². The number of benzene rings is 3. The van der Waals surface area contributed by atoms with Gasteiger partial charge in [0.05, 0.1) is 21.2 Å². The van der Waals surface area contributed by atoms with Crippen LogP contribution in [0.1, 0.15) is 11.1 Å². The van der Waals surface area contributed by atoms with Crippen molar-refractivity contribution in [3.63, 3.8) is 0 Å². The Kier molecular flexibility index (Phi) is 6.99. The Bertz CT molecular complexity index is 1530. The van der Waals surface area contributed by atoms with Crippen LogP contribution < -0.4 is 15.2 Å². The second-order valence-electron chi connectivity index (χ2n) is 7.15. The smallest absolute Gasteiger partial charge is 0.294 e. The van der Waals surface area contributed by atoms with E-state index in [9.17, 15) is 26.9 Å². The number of sulfonamides is 2. The van der Waals surface area contributed by atoms with Crippen molar-refractivity contribution < 1.29 is 21.8 Å². The first-order chi connectivity index (χ1) is 15.7. The monoisotopic (exact) mass is 544 g/mol. The molecule has 0 spiro atoms. The first-order valence-corrected chi connectivity index (χ1v) is 13.1. The first-order valence-electron chi connectivity index (χ1n) is 9.38. The highest BCUT2D eigenvalue weighted by atomic mass is 35.5. The number of anilines is 3. The molecular formula is C20H18Cl2N4O6S2. The van der Waals surface area contributed by atoms with E-state index in [0.717, 1.165) is 6.07 Å². The van der Waals surface area contributed by atoms with Crippen molar-refractivity contribution in [1.82, 2.24) is 0 Å². The van der Waals surface area contributed by atoms with Gasteiger partial charge in [-0.1, -0.05) is 35.3 Å². The average Bonchev–Trinajstić information content (AvgIpc) is 2.74. The van der Waals surface area contributed by atoms with Gasteiger partial charge < -0.3 is 5.73 Å². The van der Waals surface area contributed by atoms with Crippen LogP contribution in [0.25, 0.3) is 0 Å². The summed E-state index contributed by atoms with van der Waals surface area (Å²) in [5.41, 5.74) is 5.17. The maximum Gasteiger partial charge on any atom is 0.294 e. The number of nitrogens with zero attached hydrogens (tertiary/aromatic N) is 1. The van der Waals surface area contributed by atoms with Gasteiger partial charge in [0, 0.05) is 16.1 Å². The van der Waals surface area contributed by atoms with Crippen LogP contribution in [0.3, 0.4) is 0 Å². The lowest BCUT2D eigenvalue weighted by molar-refractivity contribution is -0.384. The zero-order valence-corrected chi connectivity index (χ0v) is 20.8. The van der Waals surface area contributed by atoms with E-state index in [0.29, 0.717) is 17.2 Å². The number of rotatable bonds is 7. The van der Waals surface area contributed by atoms with Crippen LogP contribution in [0.2, 0.25) is 10.0 Å². The second-order valence-corrected chi connectivity index (χ2v) is 11.3. The minimum Gasteiger partial charge on any atom is -0.392 e. The van der Waals surface area contributed by atoms with Crippen molar-refractivity contribution in [2.75, 3.05) is 15.2 Å². The van der Waals surface area contributed by atoms with Gasteiger partial charge in [-0.3, -0.25) is 19.6 Å². The number of nitro groups is 1. The first kappa shape index (κ1) is 25.6. The maximum atomic E-state index is 13.1. The average molecular weight is 545 g/mol. The van der Waals surface area contributed by atoms with Crippen LogP contribution in [-0.2, 0) is 20.0 Å². The number of nitrogens with two attached hydrogens (primary N) is 1. The molecule has 0 radical (unpaired) electrons. The fraction of sp³-hybridized carbons (Fsp3) is 0.100. The zero-order valence-electron chi connectivity index (χ0n) is 17.7. The third kappa shape index (κ3) is 5.04. The number of hydrogen-bond donors (Lipinski definition) is 3. The molecule has 34 heavy (non-hydrogen) atoms. The highest BCUT2D eigenvalue weighted by Crippen LogP contribution is 2.35. The molecule has 0 amide bonds. The molecule has 3 rings (SSSR count). The lowest BCUT2D eigenvalue weighted by atomic mass is 10.2. The Hall–Kier alpha value is -3.06. The molecule has 10 nitrogen and oxygen atoms in total. The number of hydrogen-bond acceptors (Lipinski definition) is 7. The molecule has 14 heteroatoms. The van der Waals surface area contributed by atoms with Crippen LogP contribution in [-0.4, -0.2) is 21.8 Å². The Balaban J connectivity index is 2.16. The second kappa shape index (κ2) is 9.29. The van der Waals surface area contributed by atoms with Crippen molar-refractivity contribution in [1.29, 1.82) is 0 Å². The summed E-state index contributed by atoms with van der Waals surface area (Å²) < 4.78 is 56.8. The number of nitrogen functional groups attached to an aromatic ring is 1. The number of nitrogens with one attached hydrogen (secondary N) is 2. The standard InChI is InChI=1S/C20H18Cl2N4O6S2/c1-11-14(21)5-3-7-16(11)24-33(29,30)13-9-18(26(27)28)20(23)19(10-13)34(31,32)25-17-8-4-6-15(22)12(17)2/h3-10,24-25H,23H2,1-2H3. The molecule has 3 aromatic rings. The molecule has 0 aliphatic heterocycles. The number of nitro benzene ring substituents is 1. The molecular weight excluding hydrogens is 527 g/mol. The Morgan fingerprint density at radius 1 is 0.853 bits per heavy atom. The summed E-state index contributed by atoms with van der Waals surface area (Å²) in [6.45, 7) is 3.13. The van der Waals surface area contributed by atoms with Gasteiger partial charge in [0.1, 0.15) is 10.6 Å². The third-order valence-corrected chi connectivity index (χ3v) is 8.48. The topological polar surface area (TPSA) is 162 Å². The predicted octanol–water partition coefficient (Wildman–Crippen LogP) is 4.70. The predicted molar refractivity (Wildman–Crippen MR) is 132 cm³/mol. The third-order valence-electron chi connectivity index (χ3n) is 4.91. The van der Waals surface area contributed by atoms with Gasteiger partial charge in [-0.2, -0.15) is 0 Å². The van der Waals surface area contributed by atoms with Crippen LogP contribution in [0.5, 0.6) is 0 Å². The van der Waals surface area contributed by atoms with Crippen molar-refractivity contribution in [2.45, 2.75) is 23.6 Å². The fourth-order valence-corrected chi connectivity index (χ4v) is 5.84. The molecule has 4 N–H and O–H groups in total. The molecule has 0 saturated carbocycles. The Morgan fingerprint density at radius 3 is 1.79 bits per heavy atom. The van der Waals surface area contributed by atoms with E-state index in [1.165, 1.54) is 24.3 Å². The minimum absolute atomic E-state index is 0.0930. The SMILES string of the molecule is Cc1c(Cl)cccc1NS(=O)(=O)c1cc([N+](=O)[O-])c(N)c(S(=O)(=O)Nc2cccc(Cl)c2C)c1. The molecule has 3 aromatic carbocycles. The molecule has 0 aliphatic rings. The molecule has 0 fully saturated rings. The molecule has 180 valence electrons. The van der Waals surface area contributed by atoms with Crippen LogP contribution in [0.15, 0.2) is 58.3 Å². The Morgan fingerprint density at radius 2 is 1.32 bits per heavy atom. The quantitative estimate of drug-likeness (QED) is 0.220. The van der Waals surface area contributed by atoms with Crippen LogP contribution in [0.4, 0.5) is 22.7 Å². The summed E-state index contributed by atoms with van der Waals surface area (Å²) in [4.78, 5) is 9.11. The number of halogens is 2. The van der Waals surface area contributed by atoms with Crippen LogP contribution >= 0.6 is 23.2 Å². The lowest BCUT2D eigenvalue weighted by Crippen LogP contribution is -2.19. The summed E-state index contributed by atoms with van der Waals surface area (Å²) in [7, 11) is -9.04. The summed E-state index contributed by atoms with van der Waals surface area (Å²) in [6.07, 6.45) is 0. The van der Waals surface area contributed by atoms with Crippen molar-refractivity contribution in [3.8, 4) is 0 Å². The van der Waals surface area contributed by atoms with Crippen molar-refractivity contribution >= 4 is 66.0 Å². The molecule has 0 heterocycles. The van der Waals surface area contributed by atoms with Gasteiger partial charge >= 0.3 is 0 Å². The largest absolute Gasteiger partial charge is 0.392 e. The lowest BCUT2D eigenvalue weighted by Gasteiger charge is -2.15. The molecule has 0 atom stereocenters. The van der Waals surface area contributed by atoms with E-state index in [1.54, 1.807) is 26.0 Å². The normalized spacial score (nSPS) is 11.8. The van der Waals surface area contributed by atoms with Gasteiger partial charge in [-0.15, -0.1) is 0 Å². The summed E-state index contributed by atoms with van der Waals surface area (Å²) in [5, 5.41) is 12.1. The summed E-state index contributed by atoms with van der Waals surface area (Å²) >= 11 is 12.1. The van der Waals surface area contributed by atoms with E-state index < -0.39 is 46.1 Å². The molecule has 0 aromatic heterocycles. The van der Waals surface area contributed by atoms with E-state index in [4.69, 9.17) is 28.9 Å². The van der Waals surface area contributed by atoms with E-state index in [2.05, 4.69) is 9.44 Å².